The summed E-state index contributed by atoms with van der Waals surface area (Å²) in [5, 5.41) is 3.66. The van der Waals surface area contributed by atoms with Crippen molar-refractivity contribution in [2.24, 2.45) is 0 Å². The number of ether oxygens (including phenoxy) is 1. The van der Waals surface area contributed by atoms with Crippen molar-refractivity contribution in [3.05, 3.63) is 34.3 Å². The minimum Gasteiger partial charge on any atom is -0.378 e. The molecule has 1 aliphatic heterocycles. The van der Waals surface area contributed by atoms with Gasteiger partial charge < -0.3 is 10.1 Å². The Hall–Kier alpha value is -0.380. The van der Waals surface area contributed by atoms with E-state index >= 15 is 0 Å². The van der Waals surface area contributed by atoms with E-state index in [1.807, 2.05) is 0 Å². The van der Waals surface area contributed by atoms with Gasteiger partial charge in [-0.3, -0.25) is 0 Å². The lowest BCUT2D eigenvalue weighted by Crippen LogP contribution is -2.23. The fourth-order valence-electron chi connectivity index (χ4n) is 2.65. The Labute approximate surface area is 125 Å². The van der Waals surface area contributed by atoms with Gasteiger partial charge in [-0.05, 0) is 56.3 Å². The topological polar surface area (TPSA) is 21.3 Å². The Bertz CT molecular complexity index is 377. The molecule has 1 aromatic rings. The molecular formula is C16H24BrNO. The number of hydrogen-bond acceptors (Lipinski definition) is 2. The van der Waals surface area contributed by atoms with E-state index < -0.39 is 0 Å². The van der Waals surface area contributed by atoms with E-state index in [0.29, 0.717) is 12.1 Å². The van der Waals surface area contributed by atoms with Crippen molar-refractivity contribution in [3.63, 3.8) is 0 Å². The van der Waals surface area contributed by atoms with Gasteiger partial charge in [0, 0.05) is 17.1 Å². The van der Waals surface area contributed by atoms with Gasteiger partial charge in [0.05, 0.1) is 6.10 Å². The summed E-state index contributed by atoms with van der Waals surface area (Å²) in [7, 11) is 0. The molecule has 2 atom stereocenters. The standard InChI is InChI=1S/C16H24BrNO/c1-2-10-18-16(9-8-15-7-4-11-19-15)13-5-3-6-14(17)12-13/h3,5-6,12,15-16,18H,2,4,7-11H2,1H3. The second kappa shape index (κ2) is 8.03. The van der Waals surface area contributed by atoms with Gasteiger partial charge in [0.25, 0.3) is 0 Å². The van der Waals surface area contributed by atoms with Crippen LogP contribution in [0.3, 0.4) is 0 Å². The second-order valence-corrected chi connectivity index (χ2v) is 6.19. The fourth-order valence-corrected chi connectivity index (χ4v) is 3.07. The van der Waals surface area contributed by atoms with Gasteiger partial charge in [-0.25, -0.2) is 0 Å². The number of nitrogens with one attached hydrogen (secondary N) is 1. The van der Waals surface area contributed by atoms with E-state index in [9.17, 15) is 0 Å². The lowest BCUT2D eigenvalue weighted by Gasteiger charge is -2.21. The van der Waals surface area contributed by atoms with Gasteiger partial charge in [0.15, 0.2) is 0 Å². The molecule has 106 valence electrons. The average Bonchev–Trinajstić information content (AvgIpc) is 2.92. The Morgan fingerprint density at radius 1 is 1.47 bits per heavy atom. The summed E-state index contributed by atoms with van der Waals surface area (Å²) in [6, 6.07) is 9.09. The number of hydrogen-bond donors (Lipinski definition) is 1. The van der Waals surface area contributed by atoms with Crippen LogP contribution in [0.15, 0.2) is 28.7 Å². The van der Waals surface area contributed by atoms with Crippen LogP contribution in [0.1, 0.15) is 50.6 Å². The first-order valence-corrected chi connectivity index (χ1v) is 8.19. The van der Waals surface area contributed by atoms with Gasteiger partial charge in [-0.15, -0.1) is 0 Å². The Morgan fingerprint density at radius 2 is 2.37 bits per heavy atom. The maximum atomic E-state index is 5.73. The van der Waals surface area contributed by atoms with E-state index in [-0.39, 0.29) is 0 Å². The molecule has 1 N–H and O–H groups in total. The van der Waals surface area contributed by atoms with Crippen molar-refractivity contribution in [2.45, 2.75) is 51.2 Å². The van der Waals surface area contributed by atoms with Crippen molar-refractivity contribution in [2.75, 3.05) is 13.2 Å². The Kier molecular flexibility index (Phi) is 6.35. The largest absolute Gasteiger partial charge is 0.378 e. The highest BCUT2D eigenvalue weighted by molar-refractivity contribution is 9.10. The molecule has 0 bridgehead atoms. The molecule has 0 aliphatic carbocycles. The van der Waals surface area contributed by atoms with Crippen LogP contribution < -0.4 is 5.32 Å². The van der Waals surface area contributed by atoms with Crippen LogP contribution >= 0.6 is 15.9 Å². The lowest BCUT2D eigenvalue weighted by atomic mass is 9.99. The van der Waals surface area contributed by atoms with E-state index in [2.05, 4.69) is 52.4 Å². The van der Waals surface area contributed by atoms with Crippen LogP contribution in [0.2, 0.25) is 0 Å². The molecule has 0 radical (unpaired) electrons. The predicted octanol–water partition coefficient (Wildman–Crippen LogP) is 4.45. The summed E-state index contributed by atoms with van der Waals surface area (Å²) in [6.07, 6.45) is 6.44. The Balaban J connectivity index is 1.94. The first-order valence-electron chi connectivity index (χ1n) is 7.40. The summed E-state index contributed by atoms with van der Waals surface area (Å²) >= 11 is 3.56. The van der Waals surface area contributed by atoms with Crippen molar-refractivity contribution in [1.82, 2.24) is 5.32 Å². The monoisotopic (exact) mass is 325 g/mol. The van der Waals surface area contributed by atoms with Crippen LogP contribution in [-0.2, 0) is 4.74 Å². The molecule has 1 aliphatic rings. The maximum Gasteiger partial charge on any atom is 0.0576 e. The highest BCUT2D eigenvalue weighted by Gasteiger charge is 2.18. The summed E-state index contributed by atoms with van der Waals surface area (Å²) < 4.78 is 6.89. The zero-order chi connectivity index (χ0) is 13.5. The second-order valence-electron chi connectivity index (χ2n) is 5.27. The first kappa shape index (κ1) is 15.0. The van der Waals surface area contributed by atoms with Gasteiger partial charge in [-0.2, -0.15) is 0 Å². The molecule has 2 unspecified atom stereocenters. The molecule has 2 rings (SSSR count). The van der Waals surface area contributed by atoms with E-state index in [4.69, 9.17) is 4.74 Å². The fraction of sp³-hybridized carbons (Fsp3) is 0.625. The summed E-state index contributed by atoms with van der Waals surface area (Å²) in [4.78, 5) is 0. The van der Waals surface area contributed by atoms with Crippen LogP contribution in [0.5, 0.6) is 0 Å². The van der Waals surface area contributed by atoms with Crippen molar-refractivity contribution in [3.8, 4) is 0 Å². The molecule has 0 spiro atoms. The number of halogens is 1. The zero-order valence-corrected chi connectivity index (χ0v) is 13.3. The summed E-state index contributed by atoms with van der Waals surface area (Å²) in [5.41, 5.74) is 1.38. The van der Waals surface area contributed by atoms with Crippen LogP contribution in [-0.4, -0.2) is 19.3 Å². The highest BCUT2D eigenvalue weighted by atomic mass is 79.9. The van der Waals surface area contributed by atoms with Crippen LogP contribution in [0, 0.1) is 0 Å². The molecule has 2 nitrogen and oxygen atoms in total. The molecular weight excluding hydrogens is 302 g/mol. The van der Waals surface area contributed by atoms with Gasteiger partial charge in [0.1, 0.15) is 0 Å². The molecule has 1 saturated heterocycles. The van der Waals surface area contributed by atoms with E-state index in [0.717, 1.165) is 30.5 Å². The first-order chi connectivity index (χ1) is 9.29. The van der Waals surface area contributed by atoms with Crippen LogP contribution in [0.4, 0.5) is 0 Å². The predicted molar refractivity (Wildman–Crippen MR) is 83.4 cm³/mol. The van der Waals surface area contributed by atoms with E-state index in [1.54, 1.807) is 0 Å². The normalized spacial score (nSPS) is 20.6. The average molecular weight is 326 g/mol. The third-order valence-electron chi connectivity index (χ3n) is 3.69. The lowest BCUT2D eigenvalue weighted by molar-refractivity contribution is 0.0996. The smallest absolute Gasteiger partial charge is 0.0576 e. The van der Waals surface area contributed by atoms with Gasteiger partial charge >= 0.3 is 0 Å². The molecule has 0 aromatic heterocycles. The van der Waals surface area contributed by atoms with Gasteiger partial charge in [-0.1, -0.05) is 35.0 Å². The molecule has 1 fully saturated rings. The molecule has 1 aromatic carbocycles. The van der Waals surface area contributed by atoms with Crippen molar-refractivity contribution < 1.29 is 4.74 Å². The zero-order valence-electron chi connectivity index (χ0n) is 11.7. The molecule has 19 heavy (non-hydrogen) atoms. The molecule has 1 heterocycles. The minimum atomic E-state index is 0.446. The van der Waals surface area contributed by atoms with Crippen LogP contribution in [0.25, 0.3) is 0 Å². The van der Waals surface area contributed by atoms with E-state index in [1.165, 1.54) is 24.8 Å². The molecule has 3 heteroatoms. The third kappa shape index (κ3) is 4.90. The summed E-state index contributed by atoms with van der Waals surface area (Å²) in [6.45, 7) is 4.24. The maximum absolute atomic E-state index is 5.73. The molecule has 0 saturated carbocycles. The number of benzene rings is 1. The summed E-state index contributed by atoms with van der Waals surface area (Å²) in [5.74, 6) is 0. The quantitative estimate of drug-likeness (QED) is 0.799. The third-order valence-corrected chi connectivity index (χ3v) is 4.19. The van der Waals surface area contributed by atoms with Gasteiger partial charge in [0.2, 0.25) is 0 Å². The minimum absolute atomic E-state index is 0.446. The van der Waals surface area contributed by atoms with Crippen molar-refractivity contribution >= 4 is 15.9 Å². The SMILES string of the molecule is CCCNC(CCC1CCCO1)c1cccc(Br)c1. The Morgan fingerprint density at radius 3 is 3.05 bits per heavy atom. The van der Waals surface area contributed by atoms with Crippen molar-refractivity contribution in [1.29, 1.82) is 0 Å². The molecule has 0 amide bonds. The highest BCUT2D eigenvalue weighted by Crippen LogP contribution is 2.25. The number of rotatable bonds is 7.